The fourth-order valence-electron chi connectivity index (χ4n) is 1.76. The second-order valence-corrected chi connectivity index (χ2v) is 4.95. The number of nitrogens with one attached hydrogen (secondary N) is 1. The Hall–Kier alpha value is -0.870. The highest BCUT2D eigenvalue weighted by Gasteiger charge is 2.33. The Labute approximate surface area is 94.4 Å². The van der Waals surface area contributed by atoms with Gasteiger partial charge in [0.05, 0.1) is 6.04 Å². The molecule has 0 radical (unpaired) electrons. The maximum Gasteiger partial charge on any atom is 0.108 e. The molecule has 1 aromatic heterocycles. The lowest BCUT2D eigenvalue weighted by atomic mass is 10.2. The highest BCUT2D eigenvalue weighted by atomic mass is 32.1. The maximum absolute atomic E-state index is 7.52. The van der Waals surface area contributed by atoms with Crippen molar-refractivity contribution in [2.45, 2.75) is 38.4 Å². The molecule has 1 fully saturated rings. The van der Waals surface area contributed by atoms with Gasteiger partial charge in [-0.1, -0.05) is 0 Å². The largest absolute Gasteiger partial charge is 0.386 e. The van der Waals surface area contributed by atoms with E-state index in [1.807, 2.05) is 6.92 Å². The van der Waals surface area contributed by atoms with Crippen molar-refractivity contribution in [2.24, 2.45) is 5.73 Å². The number of amidine groups is 1. The molecule has 3 nitrogen and oxygen atoms in total. The van der Waals surface area contributed by atoms with Gasteiger partial charge in [-0.2, -0.15) is 11.3 Å². The summed E-state index contributed by atoms with van der Waals surface area (Å²) in [5.74, 6) is 0.275. The van der Waals surface area contributed by atoms with Crippen LogP contribution in [0.15, 0.2) is 16.8 Å². The molecule has 0 amide bonds. The first-order chi connectivity index (χ1) is 7.18. The number of rotatable bonds is 5. The highest BCUT2D eigenvalue weighted by molar-refractivity contribution is 7.07. The molecule has 0 spiro atoms. The van der Waals surface area contributed by atoms with E-state index in [1.165, 1.54) is 18.4 Å². The van der Waals surface area contributed by atoms with Gasteiger partial charge in [0.2, 0.25) is 0 Å². The van der Waals surface area contributed by atoms with E-state index in [4.69, 9.17) is 11.1 Å². The zero-order valence-electron chi connectivity index (χ0n) is 8.94. The Morgan fingerprint density at radius 1 is 1.73 bits per heavy atom. The maximum atomic E-state index is 7.52. The molecule has 1 unspecified atom stereocenters. The molecule has 1 aliphatic carbocycles. The van der Waals surface area contributed by atoms with Crippen molar-refractivity contribution in [1.29, 1.82) is 5.41 Å². The summed E-state index contributed by atoms with van der Waals surface area (Å²) in [6.07, 6.45) is 2.50. The zero-order chi connectivity index (χ0) is 10.8. The number of hydrogen-bond donors (Lipinski definition) is 2. The normalized spacial score (nSPS) is 18.0. The van der Waals surface area contributed by atoms with E-state index in [9.17, 15) is 0 Å². The minimum atomic E-state index is 0.0670. The van der Waals surface area contributed by atoms with Gasteiger partial charge in [-0.05, 0) is 42.2 Å². The highest BCUT2D eigenvalue weighted by Crippen LogP contribution is 2.30. The molecule has 0 saturated heterocycles. The molecule has 1 atom stereocenters. The Bertz CT molecular complexity index is 330. The predicted molar refractivity (Wildman–Crippen MR) is 64.3 cm³/mol. The van der Waals surface area contributed by atoms with E-state index in [-0.39, 0.29) is 11.9 Å². The molecular formula is C11H17N3S. The van der Waals surface area contributed by atoms with E-state index in [1.54, 1.807) is 11.3 Å². The minimum absolute atomic E-state index is 0.0670. The summed E-state index contributed by atoms with van der Waals surface area (Å²) >= 11 is 1.72. The fraction of sp³-hybridized carbons (Fsp3) is 0.545. The van der Waals surface area contributed by atoms with Crippen LogP contribution in [0.25, 0.3) is 0 Å². The van der Waals surface area contributed by atoms with Crippen LogP contribution < -0.4 is 5.73 Å². The van der Waals surface area contributed by atoms with Crippen LogP contribution in [-0.4, -0.2) is 22.8 Å². The third-order valence-electron chi connectivity index (χ3n) is 2.91. The van der Waals surface area contributed by atoms with Crippen LogP contribution in [0, 0.1) is 5.41 Å². The molecule has 3 N–H and O–H groups in total. The summed E-state index contributed by atoms with van der Waals surface area (Å²) in [5, 5.41) is 11.8. The van der Waals surface area contributed by atoms with Crippen LogP contribution in [0.4, 0.5) is 0 Å². The van der Waals surface area contributed by atoms with Crippen LogP contribution >= 0.6 is 11.3 Å². The van der Waals surface area contributed by atoms with Crippen molar-refractivity contribution < 1.29 is 0 Å². The Morgan fingerprint density at radius 2 is 2.47 bits per heavy atom. The number of nitrogens with two attached hydrogens (primary N) is 1. The van der Waals surface area contributed by atoms with Crippen LogP contribution in [-0.2, 0) is 6.54 Å². The number of nitrogens with zero attached hydrogens (tertiary/aromatic N) is 1. The molecule has 0 aliphatic heterocycles. The predicted octanol–water partition coefficient (Wildman–Crippen LogP) is 2.04. The van der Waals surface area contributed by atoms with E-state index < -0.39 is 0 Å². The average Bonchev–Trinajstić information content (AvgIpc) is 2.92. The van der Waals surface area contributed by atoms with Gasteiger partial charge in [-0.15, -0.1) is 0 Å². The van der Waals surface area contributed by atoms with Crippen LogP contribution in [0.3, 0.4) is 0 Å². The molecule has 2 rings (SSSR count). The van der Waals surface area contributed by atoms with Crippen molar-refractivity contribution in [2.75, 3.05) is 0 Å². The Morgan fingerprint density at radius 3 is 2.93 bits per heavy atom. The van der Waals surface area contributed by atoms with Crippen molar-refractivity contribution in [1.82, 2.24) is 4.90 Å². The molecule has 0 bridgehead atoms. The molecule has 0 aromatic carbocycles. The van der Waals surface area contributed by atoms with E-state index in [2.05, 4.69) is 21.7 Å². The van der Waals surface area contributed by atoms with Gasteiger partial charge in [0.1, 0.15) is 5.84 Å². The smallest absolute Gasteiger partial charge is 0.108 e. The first kappa shape index (κ1) is 10.6. The van der Waals surface area contributed by atoms with Gasteiger partial charge in [-0.3, -0.25) is 10.3 Å². The zero-order valence-corrected chi connectivity index (χ0v) is 9.76. The lowest BCUT2D eigenvalue weighted by Gasteiger charge is -2.27. The summed E-state index contributed by atoms with van der Waals surface area (Å²) in [7, 11) is 0. The summed E-state index contributed by atoms with van der Waals surface area (Å²) < 4.78 is 0. The second-order valence-electron chi connectivity index (χ2n) is 4.17. The van der Waals surface area contributed by atoms with Crippen molar-refractivity contribution in [3.05, 3.63) is 22.4 Å². The average molecular weight is 223 g/mol. The summed E-state index contributed by atoms with van der Waals surface area (Å²) in [5.41, 5.74) is 6.91. The third-order valence-corrected chi connectivity index (χ3v) is 3.64. The van der Waals surface area contributed by atoms with Crippen molar-refractivity contribution >= 4 is 17.2 Å². The minimum Gasteiger partial charge on any atom is -0.386 e. The molecular weight excluding hydrogens is 206 g/mol. The van der Waals surface area contributed by atoms with Crippen LogP contribution in [0.2, 0.25) is 0 Å². The molecule has 1 saturated carbocycles. The van der Waals surface area contributed by atoms with E-state index in [0.717, 1.165) is 6.54 Å². The molecule has 15 heavy (non-hydrogen) atoms. The first-order valence-corrected chi connectivity index (χ1v) is 6.23. The number of hydrogen-bond acceptors (Lipinski definition) is 3. The van der Waals surface area contributed by atoms with Gasteiger partial charge >= 0.3 is 0 Å². The van der Waals surface area contributed by atoms with Gasteiger partial charge < -0.3 is 5.73 Å². The third kappa shape index (κ3) is 2.58. The Kier molecular flexibility index (Phi) is 3.07. The Balaban J connectivity index is 2.03. The van der Waals surface area contributed by atoms with Gasteiger partial charge in [-0.25, -0.2) is 0 Å². The first-order valence-electron chi connectivity index (χ1n) is 5.29. The van der Waals surface area contributed by atoms with Gasteiger partial charge in [0.25, 0.3) is 0 Å². The fourth-order valence-corrected chi connectivity index (χ4v) is 2.42. The van der Waals surface area contributed by atoms with Gasteiger partial charge in [0, 0.05) is 12.6 Å². The van der Waals surface area contributed by atoms with Crippen molar-refractivity contribution in [3.63, 3.8) is 0 Å². The van der Waals surface area contributed by atoms with Gasteiger partial charge in [0.15, 0.2) is 0 Å². The molecule has 4 heteroatoms. The summed E-state index contributed by atoms with van der Waals surface area (Å²) in [4.78, 5) is 2.34. The molecule has 82 valence electrons. The SMILES string of the molecule is CC(C(=N)N)N(Cc1ccsc1)C1CC1. The van der Waals surface area contributed by atoms with E-state index in [0.29, 0.717) is 6.04 Å². The standard InChI is InChI=1S/C11H17N3S/c1-8(11(12)13)14(10-2-3-10)6-9-4-5-15-7-9/h4-5,7-8,10H,2-3,6H2,1H3,(H3,12,13). The summed E-state index contributed by atoms with van der Waals surface area (Å²) in [6, 6.07) is 2.86. The van der Waals surface area contributed by atoms with Crippen LogP contribution in [0.1, 0.15) is 25.3 Å². The topological polar surface area (TPSA) is 53.1 Å². The van der Waals surface area contributed by atoms with E-state index >= 15 is 0 Å². The second kappa shape index (κ2) is 4.33. The lowest BCUT2D eigenvalue weighted by Crippen LogP contribution is -2.43. The molecule has 1 aromatic rings. The molecule has 1 heterocycles. The molecule has 1 aliphatic rings. The lowest BCUT2D eigenvalue weighted by molar-refractivity contribution is 0.232. The monoisotopic (exact) mass is 223 g/mol. The number of thiophene rings is 1. The van der Waals surface area contributed by atoms with Crippen LogP contribution in [0.5, 0.6) is 0 Å². The van der Waals surface area contributed by atoms with Crippen molar-refractivity contribution in [3.8, 4) is 0 Å². The summed E-state index contributed by atoms with van der Waals surface area (Å²) in [6.45, 7) is 2.95. The quantitative estimate of drug-likeness (QED) is 0.593.